The van der Waals surface area contributed by atoms with Crippen LogP contribution in [0.1, 0.15) is 116 Å². The first-order valence-electron chi connectivity index (χ1n) is 13.8. The molecular weight excluding hydrogens is 360 g/mol. The average Bonchev–Trinajstić information content (AvgIpc) is 2.76. The maximum absolute atomic E-state index is 2.61. The fourth-order valence-electron chi connectivity index (χ4n) is 7.14. The minimum atomic E-state index is 0.536. The van der Waals surface area contributed by atoms with Crippen molar-refractivity contribution in [2.75, 3.05) is 0 Å². The van der Waals surface area contributed by atoms with Gasteiger partial charge in [0.05, 0.1) is 0 Å². The molecule has 1 aliphatic rings. The maximum atomic E-state index is 2.61. The van der Waals surface area contributed by atoms with Crippen LogP contribution in [0.25, 0.3) is 0 Å². The van der Waals surface area contributed by atoms with Crippen molar-refractivity contribution >= 4 is 0 Å². The molecular formula is C30H60. The van der Waals surface area contributed by atoms with Crippen molar-refractivity contribution in [3.8, 4) is 0 Å². The second-order valence-electron chi connectivity index (χ2n) is 12.7. The van der Waals surface area contributed by atoms with Gasteiger partial charge in [0, 0.05) is 0 Å². The van der Waals surface area contributed by atoms with Gasteiger partial charge in [0.25, 0.3) is 0 Å². The van der Waals surface area contributed by atoms with Crippen LogP contribution in [0.3, 0.4) is 0 Å². The molecule has 0 saturated heterocycles. The minimum absolute atomic E-state index is 0.536. The molecule has 0 bridgehead atoms. The first kappa shape index (κ1) is 28.0. The van der Waals surface area contributed by atoms with Crippen molar-refractivity contribution in [2.45, 2.75) is 116 Å². The lowest BCUT2D eigenvalue weighted by atomic mass is 9.45. The molecule has 0 amide bonds. The normalized spacial score (nSPS) is 34.6. The molecule has 13 atom stereocenters. The van der Waals surface area contributed by atoms with E-state index < -0.39 is 0 Å². The lowest BCUT2D eigenvalue weighted by Gasteiger charge is -2.59. The van der Waals surface area contributed by atoms with Crippen LogP contribution in [0.15, 0.2) is 0 Å². The van der Waals surface area contributed by atoms with E-state index in [0.717, 1.165) is 71.0 Å². The highest BCUT2D eigenvalue weighted by Crippen LogP contribution is 2.60. The topological polar surface area (TPSA) is 0 Å². The average molecular weight is 421 g/mol. The van der Waals surface area contributed by atoms with Gasteiger partial charge >= 0.3 is 0 Å². The first-order chi connectivity index (χ1) is 13.8. The Balaban J connectivity index is 2.80. The second-order valence-corrected chi connectivity index (χ2v) is 12.7. The fraction of sp³-hybridized carbons (Fsp3) is 1.00. The zero-order chi connectivity index (χ0) is 23.5. The van der Waals surface area contributed by atoms with Crippen molar-refractivity contribution in [1.82, 2.24) is 0 Å². The Morgan fingerprint density at radius 1 is 0.633 bits per heavy atom. The third-order valence-electron chi connectivity index (χ3n) is 12.1. The predicted octanol–water partition coefficient (Wildman–Crippen LogP) is 9.83. The van der Waals surface area contributed by atoms with Crippen molar-refractivity contribution < 1.29 is 0 Å². The number of hydrogen-bond donors (Lipinski definition) is 0. The Kier molecular flexibility index (Phi) is 10.5. The van der Waals surface area contributed by atoms with E-state index in [2.05, 4.69) is 96.9 Å². The molecule has 0 heterocycles. The number of rotatable bonds is 12. The Hall–Kier alpha value is 0. The van der Waals surface area contributed by atoms with Crippen molar-refractivity contribution in [3.05, 3.63) is 0 Å². The lowest BCUT2D eigenvalue weighted by molar-refractivity contribution is -0.108. The summed E-state index contributed by atoms with van der Waals surface area (Å²) in [6.07, 6.45) is 4.10. The molecule has 0 heteroatoms. The molecule has 1 fully saturated rings. The molecule has 180 valence electrons. The van der Waals surface area contributed by atoms with Crippen LogP contribution in [-0.2, 0) is 0 Å². The van der Waals surface area contributed by atoms with Crippen LogP contribution in [-0.4, -0.2) is 0 Å². The van der Waals surface area contributed by atoms with E-state index in [0.29, 0.717) is 5.41 Å². The Morgan fingerprint density at radius 3 is 1.40 bits per heavy atom. The van der Waals surface area contributed by atoms with Crippen LogP contribution in [0.5, 0.6) is 0 Å². The first-order valence-corrected chi connectivity index (χ1v) is 13.8. The lowest BCUT2D eigenvalue weighted by Crippen LogP contribution is -2.53. The van der Waals surface area contributed by atoms with Gasteiger partial charge in [-0.15, -0.1) is 0 Å². The Bertz CT molecular complexity index is 494. The Labute approximate surface area is 192 Å². The highest BCUT2D eigenvalue weighted by atomic mass is 14.6. The summed E-state index contributed by atoms with van der Waals surface area (Å²) < 4.78 is 0. The van der Waals surface area contributed by atoms with Gasteiger partial charge in [0.2, 0.25) is 0 Å². The standard InChI is InChI=1S/C30H60/c1-15-18(3)20(5)21(6)22(7)23(8)24(9)25(10)26(11)27(12)30(14)17-29(28(30)13)19(4)16-2/h18-29H,15-17H2,1-14H3. The molecule has 0 nitrogen and oxygen atoms in total. The van der Waals surface area contributed by atoms with Gasteiger partial charge in [-0.05, 0) is 82.9 Å². The SMILES string of the molecule is CCC(C)C(C)C(C)C(C)C(C)C(C)C(C)C(C)C(C)C1(C)CC(C(C)CC)C1C. The molecule has 30 heavy (non-hydrogen) atoms. The van der Waals surface area contributed by atoms with Gasteiger partial charge in [0.1, 0.15) is 0 Å². The van der Waals surface area contributed by atoms with E-state index in [1.165, 1.54) is 19.3 Å². The summed E-state index contributed by atoms with van der Waals surface area (Å²) >= 11 is 0. The van der Waals surface area contributed by atoms with Gasteiger partial charge in [-0.2, -0.15) is 0 Å². The van der Waals surface area contributed by atoms with Crippen LogP contribution in [0, 0.1) is 76.4 Å². The monoisotopic (exact) mass is 420 g/mol. The van der Waals surface area contributed by atoms with Gasteiger partial charge in [-0.3, -0.25) is 0 Å². The highest BCUT2D eigenvalue weighted by molar-refractivity contribution is 5.02. The summed E-state index contributed by atoms with van der Waals surface area (Å²) in [6.45, 7) is 35.2. The summed E-state index contributed by atoms with van der Waals surface area (Å²) in [4.78, 5) is 0. The predicted molar refractivity (Wildman–Crippen MR) is 138 cm³/mol. The van der Waals surface area contributed by atoms with E-state index in [9.17, 15) is 0 Å². The minimum Gasteiger partial charge on any atom is -0.0651 e. The van der Waals surface area contributed by atoms with E-state index >= 15 is 0 Å². The third-order valence-corrected chi connectivity index (χ3v) is 12.1. The van der Waals surface area contributed by atoms with Crippen LogP contribution in [0.2, 0.25) is 0 Å². The molecule has 13 unspecified atom stereocenters. The molecule has 0 aromatic heterocycles. The molecule has 1 rings (SSSR count). The quantitative estimate of drug-likeness (QED) is 0.294. The van der Waals surface area contributed by atoms with Crippen molar-refractivity contribution in [1.29, 1.82) is 0 Å². The third kappa shape index (κ3) is 5.49. The van der Waals surface area contributed by atoms with Crippen molar-refractivity contribution in [3.63, 3.8) is 0 Å². The Morgan fingerprint density at radius 2 is 1.03 bits per heavy atom. The van der Waals surface area contributed by atoms with Crippen LogP contribution in [0.4, 0.5) is 0 Å². The van der Waals surface area contributed by atoms with E-state index in [1.54, 1.807) is 0 Å². The van der Waals surface area contributed by atoms with Crippen LogP contribution >= 0.6 is 0 Å². The molecule has 0 spiro atoms. The zero-order valence-electron chi connectivity index (χ0n) is 23.5. The number of hydrogen-bond acceptors (Lipinski definition) is 0. The van der Waals surface area contributed by atoms with E-state index in [-0.39, 0.29) is 0 Å². The smallest absolute Gasteiger partial charge is 0.0266 e. The molecule has 0 aliphatic heterocycles. The van der Waals surface area contributed by atoms with E-state index in [1.807, 2.05) is 0 Å². The molecule has 1 saturated carbocycles. The highest BCUT2D eigenvalue weighted by Gasteiger charge is 2.53. The summed E-state index contributed by atoms with van der Waals surface area (Å²) in [5.74, 6) is 9.93. The zero-order valence-corrected chi connectivity index (χ0v) is 23.5. The van der Waals surface area contributed by atoms with Gasteiger partial charge < -0.3 is 0 Å². The summed E-state index contributed by atoms with van der Waals surface area (Å²) in [5.41, 5.74) is 0.536. The molecule has 0 aromatic rings. The van der Waals surface area contributed by atoms with Crippen LogP contribution < -0.4 is 0 Å². The second kappa shape index (κ2) is 11.2. The maximum Gasteiger partial charge on any atom is -0.0266 e. The molecule has 0 radical (unpaired) electrons. The van der Waals surface area contributed by atoms with Crippen molar-refractivity contribution in [2.24, 2.45) is 76.4 Å². The molecule has 1 aliphatic carbocycles. The largest absolute Gasteiger partial charge is 0.0651 e. The van der Waals surface area contributed by atoms with Gasteiger partial charge in [0.15, 0.2) is 0 Å². The summed E-state index contributed by atoms with van der Waals surface area (Å²) in [5, 5.41) is 0. The van der Waals surface area contributed by atoms with Gasteiger partial charge in [-0.25, -0.2) is 0 Å². The molecule has 0 aromatic carbocycles. The van der Waals surface area contributed by atoms with Gasteiger partial charge in [-0.1, -0.05) is 110 Å². The van der Waals surface area contributed by atoms with E-state index in [4.69, 9.17) is 0 Å². The summed E-state index contributed by atoms with van der Waals surface area (Å²) in [6, 6.07) is 0. The fourth-order valence-corrected chi connectivity index (χ4v) is 7.14. The summed E-state index contributed by atoms with van der Waals surface area (Å²) in [7, 11) is 0. The molecule has 0 N–H and O–H groups in total.